The van der Waals surface area contributed by atoms with Crippen LogP contribution in [0.25, 0.3) is 11.3 Å². The highest BCUT2D eigenvalue weighted by molar-refractivity contribution is 5.65. The topological polar surface area (TPSA) is 60.8 Å². The maximum Gasteiger partial charge on any atom is 0.231 e. The fourth-order valence-corrected chi connectivity index (χ4v) is 3.08. The molecule has 1 aliphatic carbocycles. The van der Waals surface area contributed by atoms with Crippen LogP contribution in [0.3, 0.4) is 0 Å². The molecule has 0 aromatic carbocycles. The Morgan fingerprint density at radius 3 is 2.84 bits per heavy atom. The van der Waals surface area contributed by atoms with Crippen LogP contribution in [-0.4, -0.2) is 19.9 Å². The van der Waals surface area contributed by atoms with Crippen molar-refractivity contribution in [1.82, 2.24) is 19.9 Å². The van der Waals surface area contributed by atoms with E-state index in [4.69, 9.17) is 4.74 Å². The van der Waals surface area contributed by atoms with Gasteiger partial charge in [0, 0.05) is 23.5 Å². The molecule has 5 nitrogen and oxygen atoms in total. The molecular weight excluding hydrogens is 319 g/mol. The van der Waals surface area contributed by atoms with Gasteiger partial charge >= 0.3 is 0 Å². The van der Waals surface area contributed by atoms with Gasteiger partial charge in [-0.25, -0.2) is 9.97 Å². The minimum atomic E-state index is -0.588. The molecule has 0 atom stereocenters. The molecule has 0 fully saturated rings. The van der Waals surface area contributed by atoms with Gasteiger partial charge in [0.1, 0.15) is 6.61 Å². The van der Waals surface area contributed by atoms with E-state index in [1.165, 1.54) is 0 Å². The lowest BCUT2D eigenvalue weighted by atomic mass is 9.91. The normalized spacial score (nSPS) is 13.3. The van der Waals surface area contributed by atoms with E-state index >= 15 is 0 Å². The van der Waals surface area contributed by atoms with Gasteiger partial charge < -0.3 is 4.74 Å². The lowest BCUT2D eigenvalue weighted by molar-refractivity contribution is 0.288. The van der Waals surface area contributed by atoms with Crippen LogP contribution in [0.15, 0.2) is 42.9 Å². The van der Waals surface area contributed by atoms with Crippen LogP contribution in [0.4, 0.5) is 4.39 Å². The van der Waals surface area contributed by atoms with Gasteiger partial charge in [-0.3, -0.25) is 9.97 Å². The minimum absolute atomic E-state index is 0.334. The fourth-order valence-electron chi connectivity index (χ4n) is 3.08. The van der Waals surface area contributed by atoms with Gasteiger partial charge in [0.25, 0.3) is 0 Å². The molecule has 0 amide bonds. The standard InChI is InChI=1S/C19H17FN4O/c20-18-11-21-10-17(23-18)15-9-19(24-16-7-2-1-6-14(15)16)25-12-13-5-3-4-8-22-13/h3-5,8-11H,1-2,6-7,12H2. The summed E-state index contributed by atoms with van der Waals surface area (Å²) in [5.74, 6) is -0.0813. The second-order valence-electron chi connectivity index (χ2n) is 5.98. The number of ether oxygens (including phenoxy) is 1. The molecule has 25 heavy (non-hydrogen) atoms. The fraction of sp³-hybridized carbons (Fsp3) is 0.263. The van der Waals surface area contributed by atoms with Crippen molar-refractivity contribution in [3.8, 4) is 17.1 Å². The number of hydrogen-bond acceptors (Lipinski definition) is 5. The predicted molar refractivity (Wildman–Crippen MR) is 90.4 cm³/mol. The third kappa shape index (κ3) is 3.47. The Kier molecular flexibility index (Phi) is 4.33. The van der Waals surface area contributed by atoms with E-state index in [0.717, 1.165) is 54.4 Å². The molecule has 0 saturated heterocycles. The number of pyridine rings is 2. The molecule has 0 saturated carbocycles. The SMILES string of the molecule is Fc1cncc(-c2cc(OCc3ccccn3)nc3c2CCCC3)n1. The van der Waals surface area contributed by atoms with Crippen LogP contribution in [0.5, 0.6) is 5.88 Å². The van der Waals surface area contributed by atoms with Gasteiger partial charge in [-0.2, -0.15) is 4.39 Å². The highest BCUT2D eigenvalue weighted by atomic mass is 19.1. The molecule has 3 aromatic rings. The van der Waals surface area contributed by atoms with Gasteiger partial charge in [0.15, 0.2) is 0 Å². The Labute approximate surface area is 145 Å². The molecular formula is C19H17FN4O. The highest BCUT2D eigenvalue weighted by Crippen LogP contribution is 2.32. The monoisotopic (exact) mass is 336 g/mol. The molecule has 0 bridgehead atoms. The van der Waals surface area contributed by atoms with Crippen molar-refractivity contribution in [3.63, 3.8) is 0 Å². The summed E-state index contributed by atoms with van der Waals surface area (Å²) in [5.41, 5.74) is 4.33. The van der Waals surface area contributed by atoms with Gasteiger partial charge in [0.05, 0.1) is 23.8 Å². The number of halogens is 1. The van der Waals surface area contributed by atoms with Crippen molar-refractivity contribution < 1.29 is 9.13 Å². The van der Waals surface area contributed by atoms with E-state index in [9.17, 15) is 4.39 Å². The first-order chi connectivity index (χ1) is 12.3. The van der Waals surface area contributed by atoms with Crippen molar-refractivity contribution >= 4 is 0 Å². The number of fused-ring (bicyclic) bond motifs is 1. The highest BCUT2D eigenvalue weighted by Gasteiger charge is 2.19. The third-order valence-electron chi connectivity index (χ3n) is 4.25. The lowest BCUT2D eigenvalue weighted by Gasteiger charge is -2.19. The Balaban J connectivity index is 1.70. The summed E-state index contributed by atoms with van der Waals surface area (Å²) in [6.45, 7) is 0.334. The summed E-state index contributed by atoms with van der Waals surface area (Å²) >= 11 is 0. The molecule has 0 N–H and O–H groups in total. The van der Waals surface area contributed by atoms with E-state index in [0.29, 0.717) is 18.2 Å². The summed E-state index contributed by atoms with van der Waals surface area (Å²) in [7, 11) is 0. The van der Waals surface area contributed by atoms with Crippen molar-refractivity contribution in [2.24, 2.45) is 0 Å². The molecule has 0 unspecified atom stereocenters. The van der Waals surface area contributed by atoms with Crippen molar-refractivity contribution in [1.29, 1.82) is 0 Å². The molecule has 6 heteroatoms. The third-order valence-corrected chi connectivity index (χ3v) is 4.25. The predicted octanol–water partition coefficient (Wildman–Crippen LogP) is 3.53. The molecule has 3 heterocycles. The average Bonchev–Trinajstić information content (AvgIpc) is 2.66. The first-order valence-electron chi connectivity index (χ1n) is 8.33. The number of aryl methyl sites for hydroxylation is 1. The number of aromatic nitrogens is 4. The number of hydrogen-bond donors (Lipinski definition) is 0. The zero-order valence-corrected chi connectivity index (χ0v) is 13.7. The van der Waals surface area contributed by atoms with Crippen LogP contribution < -0.4 is 4.74 Å². The molecule has 4 rings (SSSR count). The summed E-state index contributed by atoms with van der Waals surface area (Å²) in [6.07, 6.45) is 8.41. The van der Waals surface area contributed by atoms with Crippen molar-refractivity contribution in [3.05, 3.63) is 65.8 Å². The van der Waals surface area contributed by atoms with Crippen LogP contribution in [-0.2, 0) is 19.4 Å². The molecule has 3 aromatic heterocycles. The van der Waals surface area contributed by atoms with Crippen molar-refractivity contribution in [2.45, 2.75) is 32.3 Å². The van der Waals surface area contributed by atoms with Gasteiger partial charge in [-0.05, 0) is 43.4 Å². The van der Waals surface area contributed by atoms with E-state index in [1.807, 2.05) is 24.3 Å². The number of rotatable bonds is 4. The van der Waals surface area contributed by atoms with Crippen molar-refractivity contribution in [2.75, 3.05) is 0 Å². The van der Waals surface area contributed by atoms with E-state index < -0.39 is 5.95 Å². The number of nitrogens with zero attached hydrogens (tertiary/aromatic N) is 4. The van der Waals surface area contributed by atoms with Gasteiger partial charge in [-0.15, -0.1) is 0 Å². The van der Waals surface area contributed by atoms with E-state index in [1.54, 1.807) is 12.4 Å². The van der Waals surface area contributed by atoms with Crippen LogP contribution in [0.1, 0.15) is 29.8 Å². The Morgan fingerprint density at radius 2 is 2.00 bits per heavy atom. The van der Waals surface area contributed by atoms with Gasteiger partial charge in [-0.1, -0.05) is 6.07 Å². The molecule has 1 aliphatic rings. The zero-order chi connectivity index (χ0) is 17.1. The van der Waals surface area contributed by atoms with Crippen LogP contribution in [0, 0.1) is 5.95 Å². The Morgan fingerprint density at radius 1 is 1.08 bits per heavy atom. The smallest absolute Gasteiger partial charge is 0.231 e. The molecule has 126 valence electrons. The van der Waals surface area contributed by atoms with Gasteiger partial charge in [0.2, 0.25) is 11.8 Å². The first-order valence-corrected chi connectivity index (χ1v) is 8.33. The minimum Gasteiger partial charge on any atom is -0.471 e. The summed E-state index contributed by atoms with van der Waals surface area (Å²) in [6, 6.07) is 7.51. The molecule has 0 spiro atoms. The average molecular weight is 336 g/mol. The second kappa shape index (κ2) is 6.93. The summed E-state index contributed by atoms with van der Waals surface area (Å²) in [5, 5.41) is 0. The largest absolute Gasteiger partial charge is 0.471 e. The first kappa shape index (κ1) is 15.6. The summed E-state index contributed by atoms with van der Waals surface area (Å²) in [4.78, 5) is 16.8. The zero-order valence-electron chi connectivity index (χ0n) is 13.7. The molecule has 0 aliphatic heterocycles. The van der Waals surface area contributed by atoms with E-state index in [2.05, 4.69) is 19.9 Å². The van der Waals surface area contributed by atoms with Crippen LogP contribution in [0.2, 0.25) is 0 Å². The maximum atomic E-state index is 13.5. The summed E-state index contributed by atoms with van der Waals surface area (Å²) < 4.78 is 19.4. The maximum absolute atomic E-state index is 13.5. The molecule has 0 radical (unpaired) electrons. The lowest BCUT2D eigenvalue weighted by Crippen LogP contribution is -2.10. The Hall–Kier alpha value is -2.89. The van der Waals surface area contributed by atoms with E-state index in [-0.39, 0.29) is 0 Å². The van der Waals surface area contributed by atoms with Crippen LogP contribution >= 0.6 is 0 Å². The second-order valence-corrected chi connectivity index (χ2v) is 5.98. The Bertz CT molecular complexity index is 886. The quantitative estimate of drug-likeness (QED) is 0.729.